The van der Waals surface area contributed by atoms with Gasteiger partial charge in [-0.15, -0.1) is 0 Å². The molecule has 0 saturated heterocycles. The molecule has 0 spiro atoms. The molecule has 1 amide bonds. The average Bonchev–Trinajstić information content (AvgIpc) is 2.86. The van der Waals surface area contributed by atoms with Crippen LogP contribution < -0.4 is 15.6 Å². The van der Waals surface area contributed by atoms with Gasteiger partial charge >= 0.3 is 0 Å². The summed E-state index contributed by atoms with van der Waals surface area (Å²) in [5.41, 5.74) is 8.54. The van der Waals surface area contributed by atoms with E-state index < -0.39 is 0 Å². The van der Waals surface area contributed by atoms with Gasteiger partial charge in [0.25, 0.3) is 11.7 Å². The number of ether oxygens (including phenoxy) is 1. The largest absolute Gasteiger partial charge is 0.383 e. The van der Waals surface area contributed by atoms with Crippen LogP contribution in [0, 0.1) is 0 Å². The second-order valence-electron chi connectivity index (χ2n) is 5.18. The third kappa shape index (κ3) is 3.41. The summed E-state index contributed by atoms with van der Waals surface area (Å²) in [7, 11) is 1.61. The van der Waals surface area contributed by atoms with Crippen LogP contribution in [-0.4, -0.2) is 30.7 Å². The van der Waals surface area contributed by atoms with Crippen LogP contribution in [-0.2, 0) is 24.4 Å². The monoisotopic (exact) mass is 383 g/mol. The second-order valence-corrected chi connectivity index (χ2v) is 6.09. The van der Waals surface area contributed by atoms with Gasteiger partial charge in [0.1, 0.15) is 0 Å². The summed E-state index contributed by atoms with van der Waals surface area (Å²) in [6.45, 7) is 7.10. The SMILES string of the molecule is CCn1c(CN)[n+](CC)c2c(C(=O)NCCOC)cc(Br)cc21. The van der Waals surface area contributed by atoms with Crippen molar-refractivity contribution in [2.24, 2.45) is 5.73 Å². The minimum absolute atomic E-state index is 0.104. The van der Waals surface area contributed by atoms with E-state index in [0.717, 1.165) is 34.4 Å². The lowest BCUT2D eigenvalue weighted by molar-refractivity contribution is -0.676. The number of aryl methyl sites for hydroxylation is 2. The van der Waals surface area contributed by atoms with Crippen molar-refractivity contribution >= 4 is 32.9 Å². The van der Waals surface area contributed by atoms with E-state index in [1.807, 2.05) is 12.1 Å². The van der Waals surface area contributed by atoms with Crippen molar-refractivity contribution in [1.29, 1.82) is 0 Å². The summed E-state index contributed by atoms with van der Waals surface area (Å²) >= 11 is 3.52. The normalized spacial score (nSPS) is 11.2. The first-order valence-electron chi connectivity index (χ1n) is 7.80. The number of nitrogens with two attached hydrogens (primary N) is 1. The van der Waals surface area contributed by atoms with Crippen LogP contribution in [0.1, 0.15) is 30.0 Å². The summed E-state index contributed by atoms with van der Waals surface area (Å²) in [5.74, 6) is 0.918. The molecular formula is C16H24BrN4O2+. The van der Waals surface area contributed by atoms with Crippen LogP contribution in [0.2, 0.25) is 0 Å². The number of fused-ring (bicyclic) bond motifs is 1. The van der Waals surface area contributed by atoms with Crippen molar-refractivity contribution in [2.45, 2.75) is 33.5 Å². The number of carbonyl (C=O) groups excluding carboxylic acids is 1. The minimum Gasteiger partial charge on any atom is -0.383 e. The molecule has 1 heterocycles. The molecular weight excluding hydrogens is 360 g/mol. The molecule has 0 saturated carbocycles. The molecule has 2 aromatic rings. The molecule has 23 heavy (non-hydrogen) atoms. The molecule has 126 valence electrons. The maximum atomic E-state index is 12.6. The van der Waals surface area contributed by atoms with Gasteiger partial charge in [-0.05, 0) is 19.9 Å². The fraction of sp³-hybridized carbons (Fsp3) is 0.500. The summed E-state index contributed by atoms with van der Waals surface area (Å²) in [5, 5.41) is 2.90. The van der Waals surface area contributed by atoms with Gasteiger partial charge in [0, 0.05) is 24.2 Å². The number of carbonyl (C=O) groups is 1. The first kappa shape index (κ1) is 17.9. The first-order chi connectivity index (χ1) is 11.1. The van der Waals surface area contributed by atoms with Gasteiger partial charge < -0.3 is 15.8 Å². The van der Waals surface area contributed by atoms with Crippen molar-refractivity contribution in [1.82, 2.24) is 9.88 Å². The van der Waals surface area contributed by atoms with E-state index in [9.17, 15) is 4.79 Å². The third-order valence-electron chi connectivity index (χ3n) is 3.89. The van der Waals surface area contributed by atoms with Crippen LogP contribution in [0.4, 0.5) is 0 Å². The van der Waals surface area contributed by atoms with Crippen molar-refractivity contribution in [2.75, 3.05) is 20.3 Å². The van der Waals surface area contributed by atoms with Gasteiger partial charge in [-0.25, -0.2) is 9.13 Å². The van der Waals surface area contributed by atoms with E-state index in [2.05, 4.69) is 44.2 Å². The number of benzene rings is 1. The van der Waals surface area contributed by atoms with Gasteiger partial charge in [-0.1, -0.05) is 15.9 Å². The molecule has 1 aromatic carbocycles. The van der Waals surface area contributed by atoms with Gasteiger partial charge in [0.05, 0.1) is 31.8 Å². The zero-order chi connectivity index (χ0) is 17.0. The number of imidazole rings is 1. The maximum absolute atomic E-state index is 12.6. The van der Waals surface area contributed by atoms with Crippen molar-refractivity contribution < 1.29 is 14.1 Å². The van der Waals surface area contributed by atoms with E-state index in [0.29, 0.717) is 25.3 Å². The summed E-state index contributed by atoms with van der Waals surface area (Å²) < 4.78 is 10.2. The zero-order valence-corrected chi connectivity index (χ0v) is 15.4. The van der Waals surface area contributed by atoms with Crippen molar-refractivity contribution in [3.05, 3.63) is 28.0 Å². The fourth-order valence-corrected chi connectivity index (χ4v) is 3.38. The Morgan fingerprint density at radius 3 is 2.74 bits per heavy atom. The number of rotatable bonds is 7. The third-order valence-corrected chi connectivity index (χ3v) is 4.35. The van der Waals surface area contributed by atoms with E-state index >= 15 is 0 Å². The number of methoxy groups -OCH3 is 1. The minimum atomic E-state index is -0.104. The molecule has 3 N–H and O–H groups in total. The lowest BCUT2D eigenvalue weighted by Crippen LogP contribution is -2.40. The van der Waals surface area contributed by atoms with E-state index in [-0.39, 0.29) is 5.91 Å². The fourth-order valence-electron chi connectivity index (χ4n) is 2.94. The summed E-state index contributed by atoms with van der Waals surface area (Å²) in [6.07, 6.45) is 0. The zero-order valence-electron chi connectivity index (χ0n) is 13.9. The number of aromatic nitrogens is 2. The van der Waals surface area contributed by atoms with Crippen molar-refractivity contribution in [3.8, 4) is 0 Å². The summed E-state index contributed by atoms with van der Waals surface area (Å²) in [6, 6.07) is 3.90. The van der Waals surface area contributed by atoms with Crippen LogP contribution in [0.3, 0.4) is 0 Å². The molecule has 0 atom stereocenters. The smallest absolute Gasteiger partial charge is 0.271 e. The predicted octanol–water partition coefficient (Wildman–Crippen LogP) is 1.57. The number of nitrogens with one attached hydrogen (secondary N) is 1. The molecule has 2 rings (SSSR count). The number of hydrogen-bond donors (Lipinski definition) is 2. The van der Waals surface area contributed by atoms with E-state index in [1.54, 1.807) is 7.11 Å². The lowest BCUT2D eigenvalue weighted by atomic mass is 10.1. The second kappa shape index (κ2) is 7.90. The Bertz CT molecular complexity index is 712. The molecule has 0 radical (unpaired) electrons. The standard InChI is InChI=1S/C16H23BrN4O2/c1-4-20-13-9-11(17)8-12(16(22)19-6-7-23-3)15(13)21(5-2)14(20)10-18/h8-9H,4-7,10,18H2,1-3H3/p+1. The lowest BCUT2D eigenvalue weighted by Gasteiger charge is -2.06. The Labute approximate surface area is 144 Å². The molecule has 0 aliphatic heterocycles. The highest BCUT2D eigenvalue weighted by Crippen LogP contribution is 2.24. The Morgan fingerprint density at radius 2 is 2.17 bits per heavy atom. The number of hydrogen-bond acceptors (Lipinski definition) is 3. The predicted molar refractivity (Wildman–Crippen MR) is 93.3 cm³/mol. The molecule has 0 aliphatic rings. The molecule has 0 bridgehead atoms. The highest BCUT2D eigenvalue weighted by molar-refractivity contribution is 9.10. The molecule has 0 unspecified atom stereocenters. The number of halogens is 1. The molecule has 0 aliphatic carbocycles. The maximum Gasteiger partial charge on any atom is 0.271 e. The van der Waals surface area contributed by atoms with Crippen LogP contribution in [0.15, 0.2) is 16.6 Å². The van der Waals surface area contributed by atoms with Crippen LogP contribution >= 0.6 is 15.9 Å². The Kier molecular flexibility index (Phi) is 6.15. The van der Waals surface area contributed by atoms with E-state index in [4.69, 9.17) is 10.5 Å². The van der Waals surface area contributed by atoms with Gasteiger partial charge in [-0.2, -0.15) is 0 Å². The van der Waals surface area contributed by atoms with Crippen LogP contribution in [0.5, 0.6) is 0 Å². The molecule has 6 nitrogen and oxygen atoms in total. The first-order valence-corrected chi connectivity index (χ1v) is 8.59. The molecule has 7 heteroatoms. The van der Waals surface area contributed by atoms with Crippen molar-refractivity contribution in [3.63, 3.8) is 0 Å². The summed E-state index contributed by atoms with van der Waals surface area (Å²) in [4.78, 5) is 12.6. The topological polar surface area (TPSA) is 73.2 Å². The number of amides is 1. The molecule has 0 fully saturated rings. The quantitative estimate of drug-likeness (QED) is 0.562. The average molecular weight is 384 g/mol. The van der Waals surface area contributed by atoms with E-state index in [1.165, 1.54) is 0 Å². The highest BCUT2D eigenvalue weighted by Gasteiger charge is 2.27. The molecule has 1 aromatic heterocycles. The van der Waals surface area contributed by atoms with Gasteiger partial charge in [0.15, 0.2) is 11.0 Å². The van der Waals surface area contributed by atoms with Gasteiger partial charge in [0.2, 0.25) is 0 Å². The Balaban J connectivity index is 2.64. The Hall–Kier alpha value is -1.44. The van der Waals surface area contributed by atoms with Crippen LogP contribution in [0.25, 0.3) is 11.0 Å². The highest BCUT2D eigenvalue weighted by atomic mass is 79.9. The Morgan fingerprint density at radius 1 is 1.43 bits per heavy atom. The van der Waals surface area contributed by atoms with Gasteiger partial charge in [-0.3, -0.25) is 4.79 Å². The number of nitrogens with zero attached hydrogens (tertiary/aromatic N) is 2.